The van der Waals surface area contributed by atoms with Crippen molar-refractivity contribution in [2.75, 3.05) is 28.3 Å². The Labute approximate surface area is 726 Å². The molecule has 0 fully saturated rings. The van der Waals surface area contributed by atoms with Crippen LogP contribution in [0.15, 0.2) is 231 Å². The van der Waals surface area contributed by atoms with E-state index in [0.717, 1.165) is 153 Å². The molecule has 0 spiro atoms. The lowest BCUT2D eigenvalue weighted by Crippen LogP contribution is -2.28. The van der Waals surface area contributed by atoms with Crippen molar-refractivity contribution in [1.82, 2.24) is 118 Å². The van der Waals surface area contributed by atoms with E-state index in [1.165, 1.54) is 16.7 Å². The molecule has 28 nitrogen and oxygen atoms in total. The van der Waals surface area contributed by atoms with Crippen molar-refractivity contribution in [2.45, 2.75) is 125 Å². The predicted octanol–water partition coefficient (Wildman–Crippen LogP) is 17.2. The van der Waals surface area contributed by atoms with Crippen LogP contribution in [0.5, 0.6) is 5.75 Å². The van der Waals surface area contributed by atoms with Gasteiger partial charge >= 0.3 is 0 Å². The molecule has 6 aliphatic heterocycles. The summed E-state index contributed by atoms with van der Waals surface area (Å²) in [4.78, 5) is 64.7. The molecule has 0 saturated carbocycles. The number of benzene rings is 4. The minimum absolute atomic E-state index is 0.360. The first-order chi connectivity index (χ1) is 59.7. The van der Waals surface area contributed by atoms with Crippen LogP contribution < -0.4 is 4.74 Å². The van der Waals surface area contributed by atoms with Crippen LogP contribution in [0.4, 0.5) is 0 Å². The molecule has 0 unspecified atom stereocenters. The van der Waals surface area contributed by atoms with Crippen LogP contribution in [0.2, 0.25) is 0 Å². The van der Waals surface area contributed by atoms with Gasteiger partial charge in [-0.25, -0.2) is 43.1 Å². The summed E-state index contributed by atoms with van der Waals surface area (Å²) < 4.78 is 15.8. The van der Waals surface area contributed by atoms with Crippen molar-refractivity contribution in [3.8, 4) is 52.6 Å². The van der Waals surface area contributed by atoms with Gasteiger partial charge in [-0.15, -0.1) is 0 Å². The number of hydrogen-bond acceptors (Lipinski definition) is 22. The number of aliphatic imine (C=N–C) groups is 3. The van der Waals surface area contributed by atoms with E-state index in [2.05, 4.69) is 209 Å². The maximum atomic E-state index is 5.34. The quantitative estimate of drug-likeness (QED) is 0.0978. The summed E-state index contributed by atoms with van der Waals surface area (Å²) in [6.07, 6.45) is 18.9. The number of fused-ring (bicyclic) bond motifs is 3. The molecule has 13 aromatic rings. The van der Waals surface area contributed by atoms with E-state index in [9.17, 15) is 0 Å². The lowest BCUT2D eigenvalue weighted by molar-refractivity contribution is 0.415. The monoisotopic (exact) mass is 1660 g/mol. The predicted molar refractivity (Wildman–Crippen MR) is 489 cm³/mol. The Morgan fingerprint density at radius 3 is 0.744 bits per heavy atom. The van der Waals surface area contributed by atoms with Crippen LogP contribution in [0.1, 0.15) is 144 Å². The van der Waals surface area contributed by atoms with Crippen LogP contribution in [0, 0.1) is 99.3 Å². The first kappa shape index (κ1) is 82.4. The molecule has 0 saturated heterocycles. The Balaban J connectivity index is 0.000000133. The number of ether oxygens (including phenoxy) is 1. The van der Waals surface area contributed by atoms with Gasteiger partial charge in [0.2, 0.25) is 0 Å². The van der Waals surface area contributed by atoms with Gasteiger partial charge in [0, 0.05) is 125 Å². The number of aromatic nitrogens is 21. The minimum atomic E-state index is -0.392. The molecule has 15 heterocycles. The molecular weight excluding hydrogens is 1560 g/mol. The van der Waals surface area contributed by atoms with Gasteiger partial charge in [-0.05, 0) is 194 Å². The summed E-state index contributed by atoms with van der Waals surface area (Å²) in [6.45, 7) is 36.8. The number of hydrogen-bond donors (Lipinski definition) is 0. The average molecular weight is 1660 g/mol. The molecule has 19 rings (SSSR count). The number of nitrogens with zero attached hydrogens (tertiary/aromatic N) is 27. The van der Waals surface area contributed by atoms with Gasteiger partial charge in [-0.1, -0.05) is 139 Å². The molecule has 0 N–H and O–H groups in total. The molecule has 9 aromatic heterocycles. The van der Waals surface area contributed by atoms with Gasteiger partial charge in [-0.2, -0.15) is 75.4 Å². The fourth-order valence-electron chi connectivity index (χ4n) is 16.4. The van der Waals surface area contributed by atoms with Gasteiger partial charge in [0.05, 0.1) is 58.4 Å². The van der Waals surface area contributed by atoms with Crippen molar-refractivity contribution in [1.29, 1.82) is 0 Å². The Kier molecular flexibility index (Phi) is 21.2. The lowest BCUT2D eigenvalue weighted by atomic mass is 9.80. The highest BCUT2D eigenvalue weighted by Crippen LogP contribution is 2.50. The van der Waals surface area contributed by atoms with Gasteiger partial charge in [0.25, 0.3) is 35.7 Å². The number of amidine groups is 3. The summed E-state index contributed by atoms with van der Waals surface area (Å²) in [5.41, 5.74) is 25.1. The molecule has 125 heavy (non-hydrogen) atoms. The molecule has 4 aromatic carbocycles. The molecule has 0 bridgehead atoms. The van der Waals surface area contributed by atoms with Crippen LogP contribution in [-0.4, -0.2) is 164 Å². The van der Waals surface area contributed by atoms with E-state index in [1.807, 2.05) is 183 Å². The zero-order valence-electron chi connectivity index (χ0n) is 74.5. The maximum Gasteiger partial charge on any atom is 0.256 e. The number of aryl methyl sites for hydroxylation is 12. The lowest BCUT2D eigenvalue weighted by Gasteiger charge is -2.28. The molecule has 628 valence electrons. The zero-order chi connectivity index (χ0) is 88.0. The second-order valence-corrected chi connectivity index (χ2v) is 34.0. The SMILES string of the molecule is COc1ccc(C2=CN(C)C3=N/C(=C\c4nc(-n5nc(C)cc5C)nc(-n5nc(C)cc5C)n4)C(C)(C)C3=C2)cc1.Cc1cc(C)n(-c2nc(/C=C3\N=C4C(=CC(c5ccc(-c6ccccc6)cc5)=CN4C)C3(C)C)nc(-n3nc(C)cc3C)n2)n1.Cc1cc(C)n(-c2nc(/C=C3\N=C4C(=CC(c5ccccc5)=CN4C)C3(C)C)nc(-n3nc(C)cc3C)n2)n1. The van der Waals surface area contributed by atoms with Crippen molar-refractivity contribution in [2.24, 2.45) is 31.2 Å². The molecule has 0 aliphatic carbocycles. The third-order valence-corrected chi connectivity index (χ3v) is 23.0. The van der Waals surface area contributed by atoms with E-state index in [4.69, 9.17) is 64.6 Å². The van der Waals surface area contributed by atoms with Crippen LogP contribution in [-0.2, 0) is 0 Å². The van der Waals surface area contributed by atoms with Crippen molar-refractivity contribution in [3.63, 3.8) is 0 Å². The Hall–Kier alpha value is -15.0. The van der Waals surface area contributed by atoms with E-state index < -0.39 is 5.41 Å². The van der Waals surface area contributed by atoms with Gasteiger partial charge < -0.3 is 19.4 Å². The fraction of sp³-hybridized carbons (Fsp3) is 0.258. The molecule has 0 radical (unpaired) electrons. The summed E-state index contributed by atoms with van der Waals surface area (Å²) in [5, 5.41) is 27.7. The normalized spacial score (nSPS) is 16.9. The smallest absolute Gasteiger partial charge is 0.256 e. The first-order valence-electron chi connectivity index (χ1n) is 41.5. The van der Waals surface area contributed by atoms with Crippen LogP contribution in [0.25, 0.3) is 81.8 Å². The highest BCUT2D eigenvalue weighted by molar-refractivity contribution is 6.11. The number of methoxy groups -OCH3 is 1. The molecule has 0 amide bonds. The third kappa shape index (κ3) is 16.0. The minimum Gasteiger partial charge on any atom is -0.497 e. The molecule has 6 aliphatic rings. The Morgan fingerprint density at radius 1 is 0.280 bits per heavy atom. The van der Waals surface area contributed by atoms with Crippen molar-refractivity contribution in [3.05, 3.63) is 319 Å². The zero-order valence-corrected chi connectivity index (χ0v) is 74.5. The first-order valence-corrected chi connectivity index (χ1v) is 41.5. The topological polar surface area (TPSA) is 279 Å². The highest BCUT2D eigenvalue weighted by Gasteiger charge is 2.44. The number of likely N-dealkylation sites (N-methyl/N-ethyl adjacent to an activating group) is 3. The summed E-state index contributed by atoms with van der Waals surface area (Å²) in [5.74, 6) is 7.68. The van der Waals surface area contributed by atoms with Crippen LogP contribution >= 0.6 is 0 Å². The molecule has 0 atom stereocenters. The third-order valence-electron chi connectivity index (χ3n) is 23.0. The maximum absolute atomic E-state index is 5.34. The van der Waals surface area contributed by atoms with Crippen LogP contribution in [0.3, 0.4) is 0 Å². The van der Waals surface area contributed by atoms with E-state index in [-0.39, 0.29) is 10.8 Å². The largest absolute Gasteiger partial charge is 0.497 e. The molecule has 28 heteroatoms. The second kappa shape index (κ2) is 32.1. The van der Waals surface area contributed by atoms with E-state index in [1.54, 1.807) is 35.2 Å². The number of allylic oxidation sites excluding steroid dienone is 9. The highest BCUT2D eigenvalue weighted by atomic mass is 16.5. The molecular formula is C97H99N27O. The van der Waals surface area contributed by atoms with E-state index in [0.29, 0.717) is 53.2 Å². The fourth-order valence-corrected chi connectivity index (χ4v) is 16.4. The summed E-state index contributed by atoms with van der Waals surface area (Å²) in [7, 11) is 7.79. The number of rotatable bonds is 14. The van der Waals surface area contributed by atoms with Gasteiger partial charge in [0.15, 0.2) is 17.5 Å². The van der Waals surface area contributed by atoms with E-state index >= 15 is 0 Å². The van der Waals surface area contributed by atoms with Crippen molar-refractivity contribution >= 4 is 52.5 Å². The standard InChI is InChI=1S/C36H35N9.C31H33N9O.C30H31N9/c1-22-17-24(3)44(41-22)34-38-32(39-35(40-34)45-25(4)18-23(2)42-45)20-31-36(5,6)30-19-29(21-43(7)33(30)37-31)28-15-13-27(14-16-28)26-11-9-8-10-12-26;1-18-13-20(3)39(36-18)29-33-27(34-30(35-29)40-21(4)14-19(2)37-40)16-26-31(5,6)25-15-23(17-38(7)28(25)32-26)22-9-11-24(41-8)12-10-22;1-18-13-20(3)38(35-18)28-32-26(33-29(34-28)39-21(4)14-19(2)36-39)16-25-30(5,6)24-15-23(17-37(7)27(24)31-25)22-11-9-8-10-12-22/h8-21H,1-7H3;9-17H,1-8H3;8-17H,1-7H3/b31-20-;26-16-;25-16-. The van der Waals surface area contributed by atoms with Gasteiger partial charge in [-0.3, -0.25) is 0 Å². The average Bonchev–Trinajstić information content (AvgIpc) is 1.60. The summed E-state index contributed by atoms with van der Waals surface area (Å²) >= 11 is 0. The summed E-state index contributed by atoms with van der Waals surface area (Å²) in [6, 6.07) is 49.7. The van der Waals surface area contributed by atoms with Gasteiger partial charge in [0.1, 0.15) is 23.3 Å². The Morgan fingerprint density at radius 2 is 0.504 bits per heavy atom. The Bertz CT molecular complexity index is 6710. The van der Waals surface area contributed by atoms with Crippen molar-refractivity contribution < 1.29 is 4.74 Å². The second-order valence-electron chi connectivity index (χ2n) is 34.0.